The molecule has 0 unspecified atom stereocenters. The van der Waals surface area contributed by atoms with Crippen LogP contribution in [0.1, 0.15) is 12.0 Å². The molecule has 0 aliphatic carbocycles. The molecule has 1 amide bonds. The standard InChI is InChI=1S/C17H21N3O3/c1-22-14-5-6-15(16(10-14)23-2)19-9-7-17(21)20-12-13-4-3-8-18-11-13/h3-6,8,10-11,19H,7,9,12H2,1-2H3,(H,20,21). The van der Waals surface area contributed by atoms with Crippen LogP contribution < -0.4 is 20.1 Å². The summed E-state index contributed by atoms with van der Waals surface area (Å²) in [6, 6.07) is 9.27. The van der Waals surface area contributed by atoms with Crippen LogP contribution in [0.5, 0.6) is 11.5 Å². The Labute approximate surface area is 135 Å². The van der Waals surface area contributed by atoms with Crippen LogP contribution in [-0.2, 0) is 11.3 Å². The van der Waals surface area contributed by atoms with Crippen molar-refractivity contribution in [2.24, 2.45) is 0 Å². The molecule has 23 heavy (non-hydrogen) atoms. The van der Waals surface area contributed by atoms with Crippen molar-refractivity contribution in [2.75, 3.05) is 26.1 Å². The van der Waals surface area contributed by atoms with Crippen molar-refractivity contribution < 1.29 is 14.3 Å². The quantitative estimate of drug-likeness (QED) is 0.781. The molecule has 0 saturated heterocycles. The molecule has 0 aliphatic heterocycles. The zero-order valence-electron chi connectivity index (χ0n) is 13.3. The first kappa shape index (κ1) is 16.6. The number of rotatable bonds is 8. The van der Waals surface area contributed by atoms with Crippen molar-refractivity contribution >= 4 is 11.6 Å². The van der Waals surface area contributed by atoms with Gasteiger partial charge in [-0.2, -0.15) is 0 Å². The number of benzene rings is 1. The molecule has 0 radical (unpaired) electrons. The Morgan fingerprint density at radius 3 is 2.78 bits per heavy atom. The van der Waals surface area contributed by atoms with E-state index in [-0.39, 0.29) is 5.91 Å². The predicted molar refractivity (Wildman–Crippen MR) is 88.7 cm³/mol. The lowest BCUT2D eigenvalue weighted by molar-refractivity contribution is -0.121. The fourth-order valence-electron chi connectivity index (χ4n) is 2.05. The molecule has 0 saturated carbocycles. The fraction of sp³-hybridized carbons (Fsp3) is 0.294. The number of anilines is 1. The van der Waals surface area contributed by atoms with Crippen LogP contribution in [0.4, 0.5) is 5.69 Å². The Morgan fingerprint density at radius 2 is 2.09 bits per heavy atom. The molecule has 6 heteroatoms. The highest BCUT2D eigenvalue weighted by Gasteiger charge is 2.06. The number of methoxy groups -OCH3 is 2. The maximum absolute atomic E-state index is 11.8. The number of ether oxygens (including phenoxy) is 2. The molecule has 1 heterocycles. The summed E-state index contributed by atoms with van der Waals surface area (Å²) in [6.07, 6.45) is 3.81. The Morgan fingerprint density at radius 1 is 1.22 bits per heavy atom. The van der Waals surface area contributed by atoms with Gasteiger partial charge >= 0.3 is 0 Å². The molecule has 2 rings (SSSR count). The van der Waals surface area contributed by atoms with E-state index >= 15 is 0 Å². The third-order valence-electron chi connectivity index (χ3n) is 3.29. The molecule has 2 N–H and O–H groups in total. The van der Waals surface area contributed by atoms with Gasteiger partial charge in [0.05, 0.1) is 19.9 Å². The average Bonchev–Trinajstić information content (AvgIpc) is 2.61. The van der Waals surface area contributed by atoms with E-state index in [1.165, 1.54) is 0 Å². The van der Waals surface area contributed by atoms with Crippen LogP contribution >= 0.6 is 0 Å². The van der Waals surface area contributed by atoms with Gasteiger partial charge in [0.15, 0.2) is 0 Å². The monoisotopic (exact) mass is 315 g/mol. The van der Waals surface area contributed by atoms with E-state index in [4.69, 9.17) is 9.47 Å². The van der Waals surface area contributed by atoms with Gasteiger partial charge < -0.3 is 20.1 Å². The molecule has 1 aromatic carbocycles. The second-order valence-corrected chi connectivity index (χ2v) is 4.88. The first-order valence-electron chi connectivity index (χ1n) is 7.34. The molecule has 2 aromatic rings. The van der Waals surface area contributed by atoms with Crippen LogP contribution in [0.3, 0.4) is 0 Å². The molecule has 0 bridgehead atoms. The largest absolute Gasteiger partial charge is 0.497 e. The second-order valence-electron chi connectivity index (χ2n) is 4.88. The van der Waals surface area contributed by atoms with Crippen LogP contribution in [0.25, 0.3) is 0 Å². The molecular weight excluding hydrogens is 294 g/mol. The third-order valence-corrected chi connectivity index (χ3v) is 3.29. The van der Waals surface area contributed by atoms with E-state index in [0.717, 1.165) is 17.0 Å². The van der Waals surface area contributed by atoms with Crippen LogP contribution in [0.2, 0.25) is 0 Å². The number of nitrogens with one attached hydrogen (secondary N) is 2. The van der Waals surface area contributed by atoms with Crippen molar-refractivity contribution in [1.82, 2.24) is 10.3 Å². The van der Waals surface area contributed by atoms with E-state index < -0.39 is 0 Å². The summed E-state index contributed by atoms with van der Waals surface area (Å²) >= 11 is 0. The molecule has 0 fully saturated rings. The summed E-state index contributed by atoms with van der Waals surface area (Å²) in [6.45, 7) is 1.00. The highest BCUT2D eigenvalue weighted by atomic mass is 16.5. The van der Waals surface area contributed by atoms with Gasteiger partial charge in [-0.25, -0.2) is 0 Å². The number of hydrogen-bond donors (Lipinski definition) is 2. The van der Waals surface area contributed by atoms with E-state index in [9.17, 15) is 4.79 Å². The van der Waals surface area contributed by atoms with Crippen molar-refractivity contribution in [3.63, 3.8) is 0 Å². The summed E-state index contributed by atoms with van der Waals surface area (Å²) in [4.78, 5) is 15.8. The molecule has 0 atom stereocenters. The molecule has 1 aromatic heterocycles. The molecule has 122 valence electrons. The van der Waals surface area contributed by atoms with Gasteiger partial charge in [0.25, 0.3) is 0 Å². The maximum Gasteiger partial charge on any atom is 0.222 e. The van der Waals surface area contributed by atoms with Crippen molar-refractivity contribution in [3.8, 4) is 11.5 Å². The minimum atomic E-state index is -0.0196. The minimum absolute atomic E-state index is 0.0196. The summed E-state index contributed by atoms with van der Waals surface area (Å²) in [5.74, 6) is 1.38. The topological polar surface area (TPSA) is 72.5 Å². The van der Waals surface area contributed by atoms with Gasteiger partial charge in [-0.05, 0) is 23.8 Å². The normalized spacial score (nSPS) is 10.0. The van der Waals surface area contributed by atoms with Crippen molar-refractivity contribution in [1.29, 1.82) is 0 Å². The zero-order chi connectivity index (χ0) is 16.5. The first-order chi connectivity index (χ1) is 11.2. The van der Waals surface area contributed by atoms with Gasteiger partial charge in [0.2, 0.25) is 5.91 Å². The number of carbonyl (C=O) groups excluding carboxylic acids is 1. The van der Waals surface area contributed by atoms with Gasteiger partial charge in [-0.1, -0.05) is 6.07 Å². The van der Waals surface area contributed by atoms with E-state index in [0.29, 0.717) is 25.3 Å². The van der Waals surface area contributed by atoms with Crippen LogP contribution in [0.15, 0.2) is 42.7 Å². The third kappa shape index (κ3) is 5.18. The number of nitrogens with zero attached hydrogens (tertiary/aromatic N) is 1. The number of carbonyl (C=O) groups is 1. The highest BCUT2D eigenvalue weighted by Crippen LogP contribution is 2.28. The summed E-state index contributed by atoms with van der Waals surface area (Å²) < 4.78 is 10.5. The van der Waals surface area contributed by atoms with E-state index in [2.05, 4.69) is 15.6 Å². The summed E-state index contributed by atoms with van der Waals surface area (Å²) in [7, 11) is 3.20. The lowest BCUT2D eigenvalue weighted by atomic mass is 10.2. The lowest BCUT2D eigenvalue weighted by Crippen LogP contribution is -2.24. The van der Waals surface area contributed by atoms with Crippen molar-refractivity contribution in [3.05, 3.63) is 48.3 Å². The molecular formula is C17H21N3O3. The first-order valence-corrected chi connectivity index (χ1v) is 7.34. The Bertz CT molecular complexity index is 632. The van der Waals surface area contributed by atoms with E-state index in [1.807, 2.05) is 24.3 Å². The average molecular weight is 315 g/mol. The second kappa shape index (κ2) is 8.63. The fourth-order valence-corrected chi connectivity index (χ4v) is 2.05. The predicted octanol–water partition coefficient (Wildman–Crippen LogP) is 2.22. The number of amides is 1. The van der Waals surface area contributed by atoms with Crippen LogP contribution in [-0.4, -0.2) is 31.7 Å². The summed E-state index contributed by atoms with van der Waals surface area (Å²) in [5, 5.41) is 6.05. The van der Waals surface area contributed by atoms with Crippen LogP contribution in [0, 0.1) is 0 Å². The lowest BCUT2D eigenvalue weighted by Gasteiger charge is -2.12. The highest BCUT2D eigenvalue weighted by molar-refractivity contribution is 5.76. The zero-order valence-corrected chi connectivity index (χ0v) is 13.3. The molecule has 6 nitrogen and oxygen atoms in total. The van der Waals surface area contributed by atoms with Gasteiger partial charge in [0, 0.05) is 38.0 Å². The van der Waals surface area contributed by atoms with Gasteiger partial charge in [-0.3, -0.25) is 9.78 Å². The molecule has 0 aliphatic rings. The number of hydrogen-bond acceptors (Lipinski definition) is 5. The smallest absolute Gasteiger partial charge is 0.222 e. The van der Waals surface area contributed by atoms with Gasteiger partial charge in [-0.15, -0.1) is 0 Å². The Kier molecular flexibility index (Phi) is 6.23. The molecule has 0 spiro atoms. The SMILES string of the molecule is COc1ccc(NCCC(=O)NCc2cccnc2)c(OC)c1. The minimum Gasteiger partial charge on any atom is -0.497 e. The number of pyridine rings is 1. The maximum atomic E-state index is 11.8. The van der Waals surface area contributed by atoms with Gasteiger partial charge in [0.1, 0.15) is 11.5 Å². The summed E-state index contributed by atoms with van der Waals surface area (Å²) in [5.41, 5.74) is 1.80. The van der Waals surface area contributed by atoms with E-state index in [1.54, 1.807) is 32.7 Å². The Balaban J connectivity index is 1.77. The number of aromatic nitrogens is 1. The Hall–Kier alpha value is -2.76. The van der Waals surface area contributed by atoms with Crippen molar-refractivity contribution in [2.45, 2.75) is 13.0 Å².